The number of carbonyl (C=O) groups excluding carboxylic acids is 1. The van der Waals surface area contributed by atoms with Crippen molar-refractivity contribution in [2.45, 2.75) is 61.4 Å². The predicted molar refractivity (Wildman–Crippen MR) is 100 cm³/mol. The quantitative estimate of drug-likeness (QED) is 0.811. The van der Waals surface area contributed by atoms with E-state index in [9.17, 15) is 13.2 Å². The van der Waals surface area contributed by atoms with E-state index in [1.165, 1.54) is 16.8 Å². The highest BCUT2D eigenvalue weighted by Gasteiger charge is 2.46. The monoisotopic (exact) mass is 387 g/mol. The Morgan fingerprint density at radius 3 is 2.48 bits per heavy atom. The molecule has 0 spiro atoms. The largest absolute Gasteiger partial charge is 0.324 e. The van der Waals surface area contributed by atoms with Crippen LogP contribution in [0.25, 0.3) is 0 Å². The van der Waals surface area contributed by atoms with Crippen LogP contribution in [-0.4, -0.2) is 37.3 Å². The van der Waals surface area contributed by atoms with Crippen LogP contribution in [0, 0.1) is 0 Å². The van der Waals surface area contributed by atoms with Crippen LogP contribution in [0.3, 0.4) is 0 Å². The summed E-state index contributed by atoms with van der Waals surface area (Å²) in [5.74, 6) is -0.252. The molecule has 0 aliphatic heterocycles. The molecule has 25 heavy (non-hydrogen) atoms. The Kier molecular flexibility index (Phi) is 6.14. The zero-order valence-electron chi connectivity index (χ0n) is 14.4. The standard InChI is InChI=1S/C17H25N3O3S.ClH/c1-20(14-7-3-2-4-8-14)24(22,23)15-9-5-6-13(12-15)19-16(21)17(18)10-11-17;/h5-6,9,12,14H,2-4,7-8,10-11,18H2,1H3,(H,19,21);1H. The van der Waals surface area contributed by atoms with Gasteiger partial charge in [-0.1, -0.05) is 25.3 Å². The van der Waals surface area contributed by atoms with E-state index < -0.39 is 15.6 Å². The molecular formula is C17H26ClN3O3S. The second-order valence-corrected chi connectivity index (χ2v) is 8.95. The van der Waals surface area contributed by atoms with E-state index in [1.54, 1.807) is 25.2 Å². The zero-order valence-corrected chi connectivity index (χ0v) is 16.0. The number of hydrogen-bond acceptors (Lipinski definition) is 4. The van der Waals surface area contributed by atoms with Crippen LogP contribution < -0.4 is 11.1 Å². The smallest absolute Gasteiger partial charge is 0.244 e. The molecule has 0 aromatic heterocycles. The lowest BCUT2D eigenvalue weighted by Gasteiger charge is -2.30. The maximum atomic E-state index is 12.9. The highest BCUT2D eigenvalue weighted by molar-refractivity contribution is 7.89. The van der Waals surface area contributed by atoms with Crippen LogP contribution in [-0.2, 0) is 14.8 Å². The number of anilines is 1. The Morgan fingerprint density at radius 1 is 1.24 bits per heavy atom. The van der Waals surface area contributed by atoms with Crippen molar-refractivity contribution < 1.29 is 13.2 Å². The fourth-order valence-corrected chi connectivity index (χ4v) is 4.62. The van der Waals surface area contributed by atoms with Crippen LogP contribution in [0.5, 0.6) is 0 Å². The van der Waals surface area contributed by atoms with Crippen molar-refractivity contribution in [2.75, 3.05) is 12.4 Å². The van der Waals surface area contributed by atoms with Gasteiger partial charge in [0, 0.05) is 18.8 Å². The van der Waals surface area contributed by atoms with Crippen molar-refractivity contribution in [1.82, 2.24) is 4.31 Å². The van der Waals surface area contributed by atoms with Gasteiger partial charge in [-0.2, -0.15) is 4.31 Å². The molecule has 0 heterocycles. The number of nitrogens with one attached hydrogen (secondary N) is 1. The number of nitrogens with two attached hydrogens (primary N) is 1. The number of nitrogens with zero attached hydrogens (tertiary/aromatic N) is 1. The van der Waals surface area contributed by atoms with E-state index >= 15 is 0 Å². The molecule has 6 nitrogen and oxygen atoms in total. The molecule has 3 N–H and O–H groups in total. The van der Waals surface area contributed by atoms with E-state index in [2.05, 4.69) is 5.32 Å². The minimum absolute atomic E-state index is 0. The Balaban J connectivity index is 0.00000225. The molecule has 0 atom stereocenters. The number of rotatable bonds is 5. The minimum Gasteiger partial charge on any atom is -0.324 e. The van der Waals surface area contributed by atoms with Crippen molar-refractivity contribution in [1.29, 1.82) is 0 Å². The molecule has 0 radical (unpaired) electrons. The third-order valence-electron chi connectivity index (χ3n) is 5.10. The van der Waals surface area contributed by atoms with Crippen molar-refractivity contribution in [3.8, 4) is 0 Å². The van der Waals surface area contributed by atoms with Gasteiger partial charge >= 0.3 is 0 Å². The van der Waals surface area contributed by atoms with Crippen molar-refractivity contribution in [3.63, 3.8) is 0 Å². The number of carbonyl (C=O) groups is 1. The fourth-order valence-electron chi connectivity index (χ4n) is 3.16. The molecule has 0 bridgehead atoms. The van der Waals surface area contributed by atoms with E-state index in [0.29, 0.717) is 18.5 Å². The van der Waals surface area contributed by atoms with Gasteiger partial charge in [-0.15, -0.1) is 12.4 Å². The molecular weight excluding hydrogens is 362 g/mol. The van der Waals surface area contributed by atoms with Gasteiger partial charge in [0.2, 0.25) is 15.9 Å². The summed E-state index contributed by atoms with van der Waals surface area (Å²) in [5.41, 5.74) is 5.55. The number of amides is 1. The van der Waals surface area contributed by atoms with Gasteiger partial charge in [0.1, 0.15) is 0 Å². The Morgan fingerprint density at radius 2 is 1.88 bits per heavy atom. The Hall–Kier alpha value is -1.15. The fraction of sp³-hybridized carbons (Fsp3) is 0.588. The van der Waals surface area contributed by atoms with Crippen LogP contribution in [0.15, 0.2) is 29.2 Å². The summed E-state index contributed by atoms with van der Waals surface area (Å²) >= 11 is 0. The van der Waals surface area contributed by atoms with Gasteiger partial charge in [0.25, 0.3) is 0 Å². The molecule has 1 aromatic carbocycles. The topological polar surface area (TPSA) is 92.5 Å². The third kappa shape index (κ3) is 4.34. The number of benzene rings is 1. The first kappa shape index (κ1) is 20.2. The molecule has 1 amide bonds. The highest BCUT2D eigenvalue weighted by atomic mass is 35.5. The van der Waals surface area contributed by atoms with Crippen LogP contribution in [0.4, 0.5) is 5.69 Å². The maximum Gasteiger partial charge on any atom is 0.244 e. The second-order valence-electron chi connectivity index (χ2n) is 6.95. The average molecular weight is 388 g/mol. The van der Waals surface area contributed by atoms with E-state index in [4.69, 9.17) is 5.73 Å². The van der Waals surface area contributed by atoms with Crippen LogP contribution >= 0.6 is 12.4 Å². The second kappa shape index (κ2) is 7.61. The molecule has 0 unspecified atom stereocenters. The molecule has 1 aromatic rings. The third-order valence-corrected chi connectivity index (χ3v) is 7.00. The van der Waals surface area contributed by atoms with Gasteiger partial charge in [0.05, 0.1) is 10.4 Å². The van der Waals surface area contributed by atoms with Gasteiger partial charge in [-0.25, -0.2) is 8.42 Å². The summed E-state index contributed by atoms with van der Waals surface area (Å²) in [7, 11) is -1.92. The van der Waals surface area contributed by atoms with Crippen LogP contribution in [0.2, 0.25) is 0 Å². The summed E-state index contributed by atoms with van der Waals surface area (Å²) < 4.78 is 27.2. The lowest BCUT2D eigenvalue weighted by molar-refractivity contribution is -0.118. The first-order chi connectivity index (χ1) is 11.3. The summed E-state index contributed by atoms with van der Waals surface area (Å²) in [4.78, 5) is 12.2. The molecule has 2 fully saturated rings. The Labute approximate surface area is 155 Å². The van der Waals surface area contributed by atoms with Gasteiger partial charge < -0.3 is 11.1 Å². The van der Waals surface area contributed by atoms with E-state index in [1.807, 2.05) is 0 Å². The van der Waals surface area contributed by atoms with Crippen molar-refractivity contribution in [3.05, 3.63) is 24.3 Å². The summed E-state index contributed by atoms with van der Waals surface area (Å²) in [6.45, 7) is 0. The number of halogens is 1. The number of hydrogen-bond donors (Lipinski definition) is 2. The first-order valence-electron chi connectivity index (χ1n) is 8.51. The molecule has 2 aliphatic rings. The SMILES string of the molecule is CN(C1CCCCC1)S(=O)(=O)c1cccc(NC(=O)C2(N)CC2)c1.Cl. The lowest BCUT2D eigenvalue weighted by atomic mass is 9.96. The normalized spacial score (nSPS) is 20.0. The molecule has 140 valence electrons. The zero-order chi connectivity index (χ0) is 17.4. The summed E-state index contributed by atoms with van der Waals surface area (Å²) in [6.07, 6.45) is 6.46. The molecule has 3 rings (SSSR count). The van der Waals surface area contributed by atoms with Crippen LogP contribution in [0.1, 0.15) is 44.9 Å². The summed E-state index contributed by atoms with van der Waals surface area (Å²) in [5, 5.41) is 2.73. The molecule has 8 heteroatoms. The molecule has 2 saturated carbocycles. The lowest BCUT2D eigenvalue weighted by Crippen LogP contribution is -2.38. The minimum atomic E-state index is -3.57. The van der Waals surface area contributed by atoms with Crippen molar-refractivity contribution in [2.24, 2.45) is 5.73 Å². The predicted octanol–water partition coefficient (Wildman–Crippen LogP) is 2.49. The summed E-state index contributed by atoms with van der Waals surface area (Å²) in [6, 6.07) is 6.47. The molecule has 0 saturated heterocycles. The van der Waals surface area contributed by atoms with Gasteiger partial charge in [0.15, 0.2) is 0 Å². The van der Waals surface area contributed by atoms with Crippen molar-refractivity contribution >= 4 is 34.0 Å². The van der Waals surface area contributed by atoms with Gasteiger partial charge in [-0.3, -0.25) is 4.79 Å². The average Bonchev–Trinajstić information content (AvgIpc) is 3.34. The van der Waals surface area contributed by atoms with E-state index in [0.717, 1.165) is 25.7 Å². The van der Waals surface area contributed by atoms with E-state index in [-0.39, 0.29) is 29.3 Å². The maximum absolute atomic E-state index is 12.9. The van der Waals surface area contributed by atoms with Gasteiger partial charge in [-0.05, 0) is 43.9 Å². The first-order valence-corrected chi connectivity index (χ1v) is 9.95. The number of sulfonamides is 1. The Bertz CT molecular complexity index is 728. The molecule has 2 aliphatic carbocycles. The highest BCUT2D eigenvalue weighted by Crippen LogP contribution is 2.33.